The zero-order valence-corrected chi connectivity index (χ0v) is 18.4. The van der Waals surface area contributed by atoms with Crippen LogP contribution in [0.25, 0.3) is 0 Å². The van der Waals surface area contributed by atoms with E-state index in [1.807, 2.05) is 4.90 Å². The number of nitrogens with one attached hydrogen (secondary N) is 2. The second-order valence-corrected chi connectivity index (χ2v) is 9.56. The lowest BCUT2D eigenvalue weighted by Crippen LogP contribution is -2.39. The van der Waals surface area contributed by atoms with E-state index in [1.54, 1.807) is 32.2 Å². The normalized spacial score (nSPS) is 15.0. The first-order valence-electron chi connectivity index (χ1n) is 10.2. The van der Waals surface area contributed by atoms with Crippen LogP contribution in [0.5, 0.6) is 0 Å². The molecule has 0 atom stereocenters. The zero-order valence-electron chi connectivity index (χ0n) is 17.6. The van der Waals surface area contributed by atoms with Gasteiger partial charge < -0.3 is 10.2 Å². The molecule has 0 spiro atoms. The van der Waals surface area contributed by atoms with Gasteiger partial charge in [-0.05, 0) is 43.0 Å². The van der Waals surface area contributed by atoms with Crippen molar-refractivity contribution in [1.29, 1.82) is 5.26 Å². The van der Waals surface area contributed by atoms with Crippen LogP contribution in [0.3, 0.4) is 0 Å². The van der Waals surface area contributed by atoms with Gasteiger partial charge in [-0.2, -0.15) is 5.26 Å². The Kier molecular flexibility index (Phi) is 7.20. The third kappa shape index (κ3) is 5.77. The predicted octanol–water partition coefficient (Wildman–Crippen LogP) is 2.14. The first-order chi connectivity index (χ1) is 14.8. The molecule has 1 aliphatic rings. The summed E-state index contributed by atoms with van der Waals surface area (Å²) in [6, 6.07) is 8.19. The molecule has 1 aromatic heterocycles. The minimum absolute atomic E-state index is 0.122. The van der Waals surface area contributed by atoms with Gasteiger partial charge in [-0.1, -0.05) is 13.8 Å². The highest BCUT2D eigenvalue weighted by Gasteiger charge is 2.24. The van der Waals surface area contributed by atoms with Crippen LogP contribution >= 0.6 is 0 Å². The Balaban J connectivity index is 1.53. The lowest BCUT2D eigenvalue weighted by Gasteiger charge is -2.32. The highest BCUT2D eigenvalue weighted by atomic mass is 32.2. The second kappa shape index (κ2) is 9.85. The van der Waals surface area contributed by atoms with Crippen molar-refractivity contribution in [3.63, 3.8) is 0 Å². The van der Waals surface area contributed by atoms with E-state index >= 15 is 0 Å². The monoisotopic (exact) mass is 442 g/mol. The van der Waals surface area contributed by atoms with Crippen LogP contribution in [0.4, 0.5) is 11.5 Å². The summed E-state index contributed by atoms with van der Waals surface area (Å²) in [5.41, 5.74) is 0.862. The van der Waals surface area contributed by atoms with E-state index in [-0.39, 0.29) is 22.6 Å². The molecule has 1 aliphatic heterocycles. The van der Waals surface area contributed by atoms with Crippen LogP contribution < -0.4 is 14.9 Å². The second-order valence-electron chi connectivity index (χ2n) is 7.79. The molecule has 1 fully saturated rings. The van der Waals surface area contributed by atoms with Gasteiger partial charge in [0.05, 0.1) is 4.90 Å². The smallest absolute Gasteiger partial charge is 0.240 e. The average molecular weight is 443 g/mol. The highest BCUT2D eigenvalue weighted by Crippen LogP contribution is 2.23. The number of aromatic nitrogens is 2. The van der Waals surface area contributed by atoms with Crippen LogP contribution in [0.2, 0.25) is 0 Å². The van der Waals surface area contributed by atoms with Crippen molar-refractivity contribution in [2.45, 2.75) is 31.6 Å². The lowest BCUT2D eigenvalue weighted by atomic mass is 9.97. The highest BCUT2D eigenvalue weighted by molar-refractivity contribution is 7.89. The van der Waals surface area contributed by atoms with Gasteiger partial charge in [0.1, 0.15) is 6.07 Å². The molecule has 3 rings (SSSR count). The molecule has 164 valence electrons. The summed E-state index contributed by atoms with van der Waals surface area (Å²) < 4.78 is 27.9. The number of amides is 1. The van der Waals surface area contributed by atoms with E-state index in [1.165, 1.54) is 18.3 Å². The fraction of sp³-hybridized carbons (Fsp3) is 0.429. The van der Waals surface area contributed by atoms with E-state index < -0.39 is 10.0 Å². The van der Waals surface area contributed by atoms with Crippen molar-refractivity contribution >= 4 is 27.4 Å². The topological polar surface area (TPSA) is 128 Å². The van der Waals surface area contributed by atoms with E-state index in [2.05, 4.69) is 26.1 Å². The Morgan fingerprint density at radius 1 is 1.19 bits per heavy atom. The molecular weight excluding hydrogens is 416 g/mol. The molecule has 1 aromatic carbocycles. The molecule has 10 heteroatoms. The predicted molar refractivity (Wildman–Crippen MR) is 117 cm³/mol. The Morgan fingerprint density at radius 2 is 1.84 bits per heavy atom. The van der Waals surface area contributed by atoms with Gasteiger partial charge in [-0.15, -0.1) is 0 Å². The summed E-state index contributed by atoms with van der Waals surface area (Å²) in [5.74, 6) is 0.492. The van der Waals surface area contributed by atoms with Gasteiger partial charge in [0, 0.05) is 43.6 Å². The number of anilines is 2. The van der Waals surface area contributed by atoms with Gasteiger partial charge in [0.2, 0.25) is 15.9 Å². The fourth-order valence-electron chi connectivity index (χ4n) is 3.30. The van der Waals surface area contributed by atoms with E-state index in [9.17, 15) is 18.5 Å². The number of sulfonamides is 1. The number of piperidine rings is 1. The molecule has 2 aromatic rings. The van der Waals surface area contributed by atoms with Gasteiger partial charge in [-0.25, -0.2) is 23.1 Å². The molecule has 0 saturated carbocycles. The van der Waals surface area contributed by atoms with Crippen LogP contribution in [0, 0.1) is 23.2 Å². The van der Waals surface area contributed by atoms with E-state index in [0.29, 0.717) is 36.8 Å². The Bertz CT molecular complexity index is 1060. The molecule has 0 bridgehead atoms. The maximum absolute atomic E-state index is 12.6. The minimum Gasteiger partial charge on any atom is -0.354 e. The largest absolute Gasteiger partial charge is 0.354 e. The molecule has 0 aliphatic carbocycles. The number of nitriles is 1. The summed E-state index contributed by atoms with van der Waals surface area (Å²) in [5, 5.41) is 11.9. The first-order valence-corrected chi connectivity index (χ1v) is 11.6. The third-order valence-electron chi connectivity index (χ3n) is 5.22. The van der Waals surface area contributed by atoms with Crippen molar-refractivity contribution in [2.75, 3.05) is 29.9 Å². The summed E-state index contributed by atoms with van der Waals surface area (Å²) in [6.07, 6.45) is 4.62. The summed E-state index contributed by atoms with van der Waals surface area (Å²) in [4.78, 5) is 22.2. The molecule has 0 unspecified atom stereocenters. The van der Waals surface area contributed by atoms with Crippen LogP contribution in [-0.4, -0.2) is 43.9 Å². The number of rotatable bonds is 7. The summed E-state index contributed by atoms with van der Waals surface area (Å²) in [7, 11) is -3.64. The maximum Gasteiger partial charge on any atom is 0.240 e. The van der Waals surface area contributed by atoms with E-state index in [0.717, 1.165) is 12.8 Å². The number of carbonyl (C=O) groups is 1. The number of nitrogens with zero attached hydrogens (tertiary/aromatic N) is 4. The molecule has 2 heterocycles. The Hall–Kier alpha value is -3.03. The van der Waals surface area contributed by atoms with Crippen molar-refractivity contribution in [3.05, 3.63) is 42.4 Å². The Labute approximate surface area is 182 Å². The minimum atomic E-state index is -3.64. The molecule has 1 saturated heterocycles. The lowest BCUT2D eigenvalue weighted by molar-refractivity contribution is -0.118. The number of hydrogen-bond acceptors (Lipinski definition) is 7. The SMILES string of the molecule is CC(C)C(=O)Nc1ccc(S(=O)(=O)NCC2CCN(c3nccnc3C#N)CC2)cc1. The van der Waals surface area contributed by atoms with Crippen LogP contribution in [0.1, 0.15) is 32.4 Å². The van der Waals surface area contributed by atoms with Gasteiger partial charge in [-0.3, -0.25) is 4.79 Å². The number of hydrogen-bond donors (Lipinski definition) is 2. The summed E-state index contributed by atoms with van der Waals surface area (Å²) in [6.45, 7) is 5.29. The fourth-order valence-corrected chi connectivity index (χ4v) is 4.42. The molecule has 9 nitrogen and oxygen atoms in total. The summed E-state index contributed by atoms with van der Waals surface area (Å²) >= 11 is 0. The molecule has 1 amide bonds. The Morgan fingerprint density at radius 3 is 2.45 bits per heavy atom. The third-order valence-corrected chi connectivity index (χ3v) is 6.66. The zero-order chi connectivity index (χ0) is 22.4. The maximum atomic E-state index is 12.6. The van der Waals surface area contributed by atoms with E-state index in [4.69, 9.17) is 0 Å². The van der Waals surface area contributed by atoms with Crippen molar-refractivity contribution < 1.29 is 13.2 Å². The van der Waals surface area contributed by atoms with Gasteiger partial charge in [0.15, 0.2) is 11.5 Å². The van der Waals surface area contributed by atoms with Crippen LogP contribution in [-0.2, 0) is 14.8 Å². The van der Waals surface area contributed by atoms with Gasteiger partial charge >= 0.3 is 0 Å². The van der Waals surface area contributed by atoms with Crippen LogP contribution in [0.15, 0.2) is 41.6 Å². The van der Waals surface area contributed by atoms with Crippen molar-refractivity contribution in [1.82, 2.24) is 14.7 Å². The standard InChI is InChI=1S/C21H26N6O3S/c1-15(2)21(28)26-17-3-5-18(6-4-17)31(29,30)25-14-16-7-11-27(12-8-16)20-19(13-22)23-9-10-24-20/h3-6,9-10,15-16,25H,7-8,11-12,14H2,1-2H3,(H,26,28). The molecule has 2 N–H and O–H groups in total. The number of benzene rings is 1. The quantitative estimate of drug-likeness (QED) is 0.672. The van der Waals surface area contributed by atoms with Crippen molar-refractivity contribution in [3.8, 4) is 6.07 Å². The average Bonchev–Trinajstić information content (AvgIpc) is 2.78. The molecule has 0 radical (unpaired) electrons. The van der Waals surface area contributed by atoms with Gasteiger partial charge in [0.25, 0.3) is 0 Å². The molecular formula is C21H26N6O3S. The van der Waals surface area contributed by atoms with Crippen molar-refractivity contribution in [2.24, 2.45) is 11.8 Å². The first kappa shape index (κ1) is 22.7. The molecule has 31 heavy (non-hydrogen) atoms. The number of carbonyl (C=O) groups excluding carboxylic acids is 1.